The van der Waals surface area contributed by atoms with Crippen molar-refractivity contribution in [3.8, 4) is 0 Å². The summed E-state index contributed by atoms with van der Waals surface area (Å²) in [5.41, 5.74) is 0.646. The van der Waals surface area contributed by atoms with Gasteiger partial charge in [-0.05, 0) is 42.2 Å². The molecule has 2 fully saturated rings. The number of carbonyl (C=O) groups excluding carboxylic acids is 1. The van der Waals surface area contributed by atoms with Crippen LogP contribution in [0.4, 0.5) is 4.39 Å². The van der Waals surface area contributed by atoms with Crippen LogP contribution in [-0.4, -0.2) is 75.0 Å². The summed E-state index contributed by atoms with van der Waals surface area (Å²) in [5, 5.41) is 0.720. The van der Waals surface area contributed by atoms with Crippen LogP contribution in [0.5, 0.6) is 0 Å². The molecule has 7 nitrogen and oxygen atoms in total. The maximum Gasteiger partial charge on any atom is 0.256 e. The summed E-state index contributed by atoms with van der Waals surface area (Å²) in [6, 6.07) is 12.6. The van der Waals surface area contributed by atoms with E-state index < -0.39 is 15.7 Å². The first-order valence-electron chi connectivity index (χ1n) is 11.8. The standard InChI is InChI=1S/C26H28FN3O4S/c27-23-15-19(18-35(32,33)24-5-1-3-21-4-2-9-28-25(21)24)6-7-22(23)26(31)30-12-10-29(11-13-30)16-20-8-14-34-17-20/h1-7,9,15,20H,8,10-14,16-18H2. The van der Waals surface area contributed by atoms with Gasteiger partial charge in [0.05, 0.1) is 28.3 Å². The molecule has 0 N–H and O–H groups in total. The van der Waals surface area contributed by atoms with Gasteiger partial charge >= 0.3 is 0 Å². The third kappa shape index (κ3) is 5.22. The van der Waals surface area contributed by atoms with E-state index in [-0.39, 0.29) is 27.7 Å². The molecule has 35 heavy (non-hydrogen) atoms. The minimum absolute atomic E-state index is 0.0318. The number of nitrogens with zero attached hydrogens (tertiary/aromatic N) is 3. The highest BCUT2D eigenvalue weighted by atomic mass is 32.2. The van der Waals surface area contributed by atoms with Crippen LogP contribution < -0.4 is 0 Å². The molecular formula is C26H28FN3O4S. The van der Waals surface area contributed by atoms with E-state index >= 15 is 0 Å². The molecule has 5 rings (SSSR count). The number of carbonyl (C=O) groups is 1. The lowest BCUT2D eigenvalue weighted by Gasteiger charge is -2.35. The smallest absolute Gasteiger partial charge is 0.256 e. The molecule has 9 heteroatoms. The number of rotatable bonds is 6. The minimum atomic E-state index is -3.77. The van der Waals surface area contributed by atoms with Crippen LogP contribution in [-0.2, 0) is 20.3 Å². The summed E-state index contributed by atoms with van der Waals surface area (Å²) < 4.78 is 46.6. The number of aromatic nitrogens is 1. The molecule has 0 saturated carbocycles. The quantitative estimate of drug-likeness (QED) is 0.521. The lowest BCUT2D eigenvalue weighted by Crippen LogP contribution is -2.50. The highest BCUT2D eigenvalue weighted by molar-refractivity contribution is 7.90. The Morgan fingerprint density at radius 2 is 1.89 bits per heavy atom. The lowest BCUT2D eigenvalue weighted by molar-refractivity contribution is 0.0607. The molecule has 0 aliphatic carbocycles. The number of sulfone groups is 1. The van der Waals surface area contributed by atoms with Crippen molar-refractivity contribution in [2.45, 2.75) is 17.1 Å². The van der Waals surface area contributed by atoms with Crippen molar-refractivity contribution in [2.24, 2.45) is 5.92 Å². The Balaban J connectivity index is 1.26. The van der Waals surface area contributed by atoms with E-state index in [0.717, 1.165) is 50.7 Å². The molecule has 0 spiro atoms. The number of fused-ring (bicyclic) bond motifs is 1. The monoisotopic (exact) mass is 497 g/mol. The largest absolute Gasteiger partial charge is 0.381 e. The molecule has 2 aliphatic heterocycles. The normalized spacial score (nSPS) is 19.3. The Morgan fingerprint density at radius 1 is 1.09 bits per heavy atom. The van der Waals surface area contributed by atoms with Gasteiger partial charge in [0.2, 0.25) is 0 Å². The fraction of sp³-hybridized carbons (Fsp3) is 0.385. The van der Waals surface area contributed by atoms with E-state index in [1.54, 1.807) is 35.4 Å². The van der Waals surface area contributed by atoms with E-state index in [9.17, 15) is 17.6 Å². The first-order valence-corrected chi connectivity index (χ1v) is 13.5. The van der Waals surface area contributed by atoms with Crippen molar-refractivity contribution in [3.63, 3.8) is 0 Å². The molecule has 1 atom stereocenters. The van der Waals surface area contributed by atoms with Crippen molar-refractivity contribution in [1.82, 2.24) is 14.8 Å². The molecule has 3 aromatic rings. The van der Waals surface area contributed by atoms with Crippen molar-refractivity contribution >= 4 is 26.6 Å². The van der Waals surface area contributed by atoms with E-state index in [0.29, 0.717) is 24.5 Å². The maximum absolute atomic E-state index is 15.0. The van der Waals surface area contributed by atoms with Gasteiger partial charge in [-0.25, -0.2) is 12.8 Å². The first kappa shape index (κ1) is 23.8. The van der Waals surface area contributed by atoms with E-state index in [1.165, 1.54) is 18.2 Å². The Bertz CT molecular complexity index is 1330. The minimum Gasteiger partial charge on any atom is -0.381 e. The summed E-state index contributed by atoms with van der Waals surface area (Å²) in [6.07, 6.45) is 2.62. The second-order valence-corrected chi connectivity index (χ2v) is 11.2. The molecule has 3 heterocycles. The van der Waals surface area contributed by atoms with Crippen LogP contribution in [0.3, 0.4) is 0 Å². The summed E-state index contributed by atoms with van der Waals surface area (Å²) >= 11 is 0. The van der Waals surface area contributed by atoms with Crippen molar-refractivity contribution < 1.29 is 22.3 Å². The molecule has 0 radical (unpaired) electrons. The molecule has 2 saturated heterocycles. The predicted molar refractivity (Wildman–Crippen MR) is 130 cm³/mol. The van der Waals surface area contributed by atoms with Gasteiger partial charge in [-0.2, -0.15) is 0 Å². The topological polar surface area (TPSA) is 79.8 Å². The molecule has 1 amide bonds. The van der Waals surface area contributed by atoms with Crippen LogP contribution in [0.2, 0.25) is 0 Å². The fourth-order valence-corrected chi connectivity index (χ4v) is 6.37. The Morgan fingerprint density at radius 3 is 2.63 bits per heavy atom. The number of para-hydroxylation sites is 1. The van der Waals surface area contributed by atoms with Crippen LogP contribution in [0.25, 0.3) is 10.9 Å². The van der Waals surface area contributed by atoms with Crippen molar-refractivity contribution in [2.75, 3.05) is 45.9 Å². The third-order valence-electron chi connectivity index (χ3n) is 6.75. The first-order chi connectivity index (χ1) is 16.9. The van der Waals surface area contributed by atoms with Gasteiger partial charge in [-0.1, -0.05) is 24.3 Å². The molecule has 1 aromatic heterocycles. The second kappa shape index (κ2) is 10.0. The number of piperazine rings is 1. The summed E-state index contributed by atoms with van der Waals surface area (Å²) in [5.74, 6) is -0.899. The zero-order valence-electron chi connectivity index (χ0n) is 19.4. The van der Waals surface area contributed by atoms with Crippen LogP contribution in [0.1, 0.15) is 22.3 Å². The number of benzene rings is 2. The Hall–Kier alpha value is -2.88. The number of hydrogen-bond acceptors (Lipinski definition) is 6. The predicted octanol–water partition coefficient (Wildman–Crippen LogP) is 3.14. The Labute approximate surface area is 204 Å². The van der Waals surface area contributed by atoms with Gasteiger partial charge < -0.3 is 9.64 Å². The SMILES string of the molecule is O=C(c1ccc(CS(=O)(=O)c2cccc3cccnc23)cc1F)N1CCN(CC2CCOC2)CC1. The number of hydrogen-bond donors (Lipinski definition) is 0. The average molecular weight is 498 g/mol. The summed E-state index contributed by atoms with van der Waals surface area (Å²) in [4.78, 5) is 21.3. The number of halogens is 1. The number of pyridine rings is 1. The average Bonchev–Trinajstić information content (AvgIpc) is 3.37. The van der Waals surface area contributed by atoms with Gasteiger partial charge in [-0.15, -0.1) is 0 Å². The van der Waals surface area contributed by atoms with Crippen LogP contribution in [0.15, 0.2) is 59.6 Å². The van der Waals surface area contributed by atoms with E-state index in [1.807, 2.05) is 0 Å². The van der Waals surface area contributed by atoms with Gasteiger partial charge in [0.25, 0.3) is 5.91 Å². The molecule has 2 aliphatic rings. The fourth-order valence-electron chi connectivity index (χ4n) is 4.84. The summed E-state index contributed by atoms with van der Waals surface area (Å²) in [7, 11) is -3.77. The van der Waals surface area contributed by atoms with E-state index in [2.05, 4.69) is 9.88 Å². The van der Waals surface area contributed by atoms with Gasteiger partial charge in [0.15, 0.2) is 9.84 Å². The summed E-state index contributed by atoms with van der Waals surface area (Å²) in [6.45, 7) is 5.15. The van der Waals surface area contributed by atoms with Crippen molar-refractivity contribution in [3.05, 3.63) is 71.7 Å². The number of amides is 1. The highest BCUT2D eigenvalue weighted by Gasteiger charge is 2.27. The zero-order chi connectivity index (χ0) is 24.4. The van der Waals surface area contributed by atoms with Gasteiger partial charge in [-0.3, -0.25) is 14.7 Å². The zero-order valence-corrected chi connectivity index (χ0v) is 20.2. The number of ether oxygens (including phenoxy) is 1. The lowest BCUT2D eigenvalue weighted by atomic mass is 10.1. The molecule has 2 aromatic carbocycles. The highest BCUT2D eigenvalue weighted by Crippen LogP contribution is 2.25. The molecule has 1 unspecified atom stereocenters. The second-order valence-electron chi connectivity index (χ2n) is 9.23. The van der Waals surface area contributed by atoms with Crippen LogP contribution >= 0.6 is 0 Å². The van der Waals surface area contributed by atoms with Gasteiger partial charge in [0, 0.05) is 50.9 Å². The van der Waals surface area contributed by atoms with E-state index in [4.69, 9.17) is 4.74 Å². The van der Waals surface area contributed by atoms with Crippen molar-refractivity contribution in [1.29, 1.82) is 0 Å². The third-order valence-corrected chi connectivity index (χ3v) is 8.46. The molecular weight excluding hydrogens is 469 g/mol. The molecule has 0 bridgehead atoms. The van der Waals surface area contributed by atoms with Gasteiger partial charge in [0.1, 0.15) is 5.82 Å². The van der Waals surface area contributed by atoms with Crippen LogP contribution in [0, 0.1) is 11.7 Å². The maximum atomic E-state index is 15.0. The molecule has 184 valence electrons. The Kier molecular flexibility index (Phi) is 6.82.